The van der Waals surface area contributed by atoms with Gasteiger partial charge in [-0.3, -0.25) is 0 Å². The molecule has 0 aliphatic heterocycles. The van der Waals surface area contributed by atoms with Crippen molar-refractivity contribution in [1.82, 2.24) is 0 Å². The van der Waals surface area contributed by atoms with E-state index in [1.54, 1.807) is 200 Å². The highest BCUT2D eigenvalue weighted by Crippen LogP contribution is 2.48. The summed E-state index contributed by atoms with van der Waals surface area (Å²) in [5, 5.41) is 3.72. The number of rotatable bonds is 25. The molecule has 32 N–H and O–H groups in total. The molecule has 19 aromatic rings. The molecule has 0 fully saturated rings. The highest BCUT2D eigenvalue weighted by atomic mass is 31.2. The molecule has 0 atom stereocenters. The second-order valence-corrected chi connectivity index (χ2v) is 39.1. The van der Waals surface area contributed by atoms with E-state index < -0.39 is 26.2 Å². The van der Waals surface area contributed by atoms with Gasteiger partial charge in [0.25, 0.3) is 0 Å². The Bertz CT molecular complexity index is 7210. The van der Waals surface area contributed by atoms with E-state index in [1.807, 2.05) is 146 Å². The van der Waals surface area contributed by atoms with Gasteiger partial charge in [-0.15, -0.1) is 0 Å². The van der Waals surface area contributed by atoms with E-state index >= 15 is 9.13 Å². The molecular formula is C116H102N16O12P2. The molecule has 0 bridgehead atoms. The fourth-order valence-electron chi connectivity index (χ4n) is 15.3. The van der Waals surface area contributed by atoms with Crippen LogP contribution in [0.5, 0.6) is 80.5 Å². The predicted octanol–water partition coefficient (Wildman–Crippen LogP) is 21.5. The number of esters is 2. The van der Waals surface area contributed by atoms with Gasteiger partial charge < -0.3 is 139 Å². The van der Waals surface area contributed by atoms with Crippen LogP contribution < -0.4 is 161 Å². The summed E-state index contributed by atoms with van der Waals surface area (Å²) in [6, 6.07) is 125. The van der Waals surface area contributed by atoms with Gasteiger partial charge in [0.15, 0.2) is 14.3 Å². The van der Waals surface area contributed by atoms with Crippen molar-refractivity contribution in [3.05, 3.63) is 436 Å². The van der Waals surface area contributed by atoms with Crippen molar-refractivity contribution >= 4 is 149 Å². The minimum atomic E-state index is -3.42. The minimum Gasteiger partial charge on any atom is -0.457 e. The number of hydrogen-bond acceptors (Lipinski definition) is 28. The summed E-state index contributed by atoms with van der Waals surface area (Å²) >= 11 is 0. The van der Waals surface area contributed by atoms with Crippen molar-refractivity contribution in [3.63, 3.8) is 0 Å². The average molecular weight is 1970 g/mol. The van der Waals surface area contributed by atoms with Gasteiger partial charge in [0.2, 0.25) is 0 Å². The zero-order valence-corrected chi connectivity index (χ0v) is 80.2. The van der Waals surface area contributed by atoms with Crippen LogP contribution in [-0.4, -0.2) is 11.9 Å². The van der Waals surface area contributed by atoms with Crippen LogP contribution in [0.2, 0.25) is 0 Å². The maximum atomic E-state index is 15.3. The zero-order chi connectivity index (χ0) is 103. The Labute approximate surface area is 841 Å². The Balaban J connectivity index is 0.000000143. The van der Waals surface area contributed by atoms with E-state index in [2.05, 4.69) is 18.2 Å². The van der Waals surface area contributed by atoms with Gasteiger partial charge in [0.1, 0.15) is 80.5 Å². The Morgan fingerprint density at radius 1 is 0.158 bits per heavy atom. The maximum Gasteiger partial charge on any atom is 0.343 e. The second-order valence-electron chi connectivity index (χ2n) is 33.6. The lowest BCUT2D eigenvalue weighted by molar-refractivity contribution is 0.0719. The molecule has 19 aromatic carbocycles. The summed E-state index contributed by atoms with van der Waals surface area (Å²) in [6.07, 6.45) is 0. The minimum absolute atomic E-state index is 0.229. The number of nitrogen functional groups attached to an aromatic ring is 16. The lowest BCUT2D eigenvalue weighted by Gasteiger charge is -2.21. The normalized spacial score (nSPS) is 10.9. The number of carbonyl (C=O) groups is 2. The van der Waals surface area contributed by atoms with Crippen molar-refractivity contribution in [1.29, 1.82) is 0 Å². The predicted molar refractivity (Wildman–Crippen MR) is 593 cm³/mol. The molecule has 0 saturated carbocycles. The number of carbonyl (C=O) groups excluding carboxylic acids is 2. The number of anilines is 16. The van der Waals surface area contributed by atoms with Crippen LogP contribution in [0, 0.1) is 0 Å². The average Bonchev–Trinajstić information content (AvgIpc) is 0.760. The van der Waals surface area contributed by atoms with E-state index in [0.717, 1.165) is 50.4 Å². The van der Waals surface area contributed by atoms with Gasteiger partial charge in [0.05, 0.1) is 28.2 Å². The second kappa shape index (κ2) is 44.5. The van der Waals surface area contributed by atoms with Gasteiger partial charge in [-0.25, -0.2) is 9.59 Å². The molecule has 0 unspecified atom stereocenters. The van der Waals surface area contributed by atoms with Crippen LogP contribution in [0.15, 0.2) is 425 Å². The highest BCUT2D eigenvalue weighted by Gasteiger charge is 2.33. The highest BCUT2D eigenvalue weighted by molar-refractivity contribution is 7.85. The molecule has 30 heteroatoms. The molecule has 0 saturated heterocycles. The van der Waals surface area contributed by atoms with Crippen LogP contribution in [0.25, 0.3) is 33.4 Å². The van der Waals surface area contributed by atoms with Crippen LogP contribution in [0.3, 0.4) is 0 Å². The first-order valence-electron chi connectivity index (χ1n) is 45.3. The molecule has 0 aromatic heterocycles. The lowest BCUT2D eigenvalue weighted by atomic mass is 9.93. The summed E-state index contributed by atoms with van der Waals surface area (Å²) in [5.74, 6) is 6.06. The third-order valence-corrected chi connectivity index (χ3v) is 28.8. The largest absolute Gasteiger partial charge is 0.457 e. The monoisotopic (exact) mass is 1970 g/mol. The fourth-order valence-corrected chi connectivity index (χ4v) is 20.5. The molecule has 728 valence electrons. The van der Waals surface area contributed by atoms with Gasteiger partial charge >= 0.3 is 11.9 Å². The lowest BCUT2D eigenvalue weighted by Crippen LogP contribution is -2.25. The SMILES string of the molecule is Nc1cc(N)cc(C(=O)Oc2ccc(OC(=O)c3cc(N)cc(N)c3)cc2)c1.Nc1ccc(-c2cc(-c3ccc(N)cc3)cc(-c3ccc(N)cc3)c2)cc1.Nc1ccc(Oc2ccc(P(=O)(c3ccc(Oc4ccc(N)cc4)cc3)c3ccc(Oc4ccc(N)cc4)cc3)cc2)cc1.Nc1ccc(Oc2ccc(P(=O)(c3ccc(Oc4ccc(N)cc4N)cc3)c3ccc(Oc4ccc(N)cc4N)cc3)cc2)c(N)c1. The Hall–Kier alpha value is -19.8. The van der Waals surface area contributed by atoms with Crippen LogP contribution in [-0.2, 0) is 9.13 Å². The van der Waals surface area contributed by atoms with Crippen LogP contribution in [0.1, 0.15) is 20.7 Å². The summed E-state index contributed by atoms with van der Waals surface area (Å²) in [4.78, 5) is 24.4. The summed E-state index contributed by atoms with van der Waals surface area (Å²) in [6.45, 7) is 0. The summed E-state index contributed by atoms with van der Waals surface area (Å²) in [5.41, 5.74) is 109. The van der Waals surface area contributed by atoms with Gasteiger partial charge in [-0.05, 0) is 422 Å². The molecule has 0 heterocycles. The van der Waals surface area contributed by atoms with E-state index in [9.17, 15) is 9.59 Å². The number of benzene rings is 19. The summed E-state index contributed by atoms with van der Waals surface area (Å²) < 4.78 is 76.9. The molecule has 28 nitrogen and oxygen atoms in total. The number of nitrogens with two attached hydrogens (primary N) is 16. The van der Waals surface area contributed by atoms with Crippen molar-refractivity contribution < 1.29 is 56.6 Å². The van der Waals surface area contributed by atoms with Gasteiger partial charge in [-0.2, -0.15) is 0 Å². The van der Waals surface area contributed by atoms with Crippen molar-refractivity contribution in [2.75, 3.05) is 91.7 Å². The molecule has 146 heavy (non-hydrogen) atoms. The third kappa shape index (κ3) is 25.2. The van der Waals surface area contributed by atoms with Crippen LogP contribution in [0.4, 0.5) is 91.0 Å². The van der Waals surface area contributed by atoms with Crippen LogP contribution >= 0.6 is 14.3 Å². The molecule has 0 aliphatic carbocycles. The Morgan fingerprint density at radius 3 is 0.527 bits per heavy atom. The molecule has 0 amide bonds. The number of ether oxygens (including phenoxy) is 8. The fraction of sp³-hybridized carbons (Fsp3) is 0. The quantitative estimate of drug-likeness (QED) is 0.0109. The topological polar surface area (TPSA) is 558 Å². The smallest absolute Gasteiger partial charge is 0.343 e. The molecule has 19 rings (SSSR count). The molecular weight excluding hydrogens is 1870 g/mol. The van der Waals surface area contributed by atoms with E-state index in [1.165, 1.54) is 60.7 Å². The van der Waals surface area contributed by atoms with E-state index in [4.69, 9.17) is 130 Å². The molecule has 0 aliphatic rings. The first-order valence-corrected chi connectivity index (χ1v) is 48.8. The standard InChI is InChI=1S/C36H33N6O4P.C36H30N3O4P.C24H21N3.C20H18N4O4/c37-22-1-16-34(31(40)19-22)44-25-4-10-28(11-5-25)47(43,29-12-6-26(7-13-29)45-35-17-2-23(38)20-32(35)41)30-14-8-27(9-15-30)46-36-18-3-24(39)21-33(36)42;37-25-1-7-28(8-2-25)41-31-13-19-34(20-14-31)44(40,35-21-15-32(16-22-35)42-29-9-3-26(38)4-10-29)36-23-17-33(18-24-36)43-30-11-5-27(39)6-12-30;25-22-7-1-16(2-8-22)19-13-20(17-3-9-23(26)10-4-17)15-21(14-19)18-5-11-24(27)12-6-18;21-13-5-11(6-14(22)9-13)19(25)27-17-1-2-18(4-3-17)28-20(26)12-7-15(23)10-16(24)8-12/h1-21H,37-42H2;1-24H,37-39H2;1-15H,25-27H2;1-10H,21-24H2. The van der Waals surface area contributed by atoms with Crippen molar-refractivity contribution in [3.8, 4) is 114 Å². The van der Waals surface area contributed by atoms with Crippen molar-refractivity contribution in [2.24, 2.45) is 0 Å². The first kappa shape index (κ1) is 99.2. The van der Waals surface area contributed by atoms with Crippen molar-refractivity contribution in [2.45, 2.75) is 0 Å². The van der Waals surface area contributed by atoms with E-state index in [0.29, 0.717) is 175 Å². The van der Waals surface area contributed by atoms with Gasteiger partial charge in [-0.1, -0.05) is 36.4 Å². The van der Waals surface area contributed by atoms with E-state index in [-0.39, 0.29) is 22.6 Å². The summed E-state index contributed by atoms with van der Waals surface area (Å²) in [7, 11) is -6.74. The third-order valence-electron chi connectivity index (χ3n) is 22.7. The zero-order valence-electron chi connectivity index (χ0n) is 78.4. The Morgan fingerprint density at radius 2 is 0.329 bits per heavy atom. The number of hydrogen-bond donors (Lipinski definition) is 16. The maximum absolute atomic E-state index is 15.3. The first-order chi connectivity index (χ1) is 70.3. The Kier molecular flexibility index (Phi) is 30.3. The molecule has 0 radical (unpaired) electrons. The molecule has 0 spiro atoms. The van der Waals surface area contributed by atoms with Gasteiger partial charge in [0, 0.05) is 106 Å².